The van der Waals surface area contributed by atoms with Gasteiger partial charge in [-0.1, -0.05) is 6.92 Å². The Morgan fingerprint density at radius 1 is 1.41 bits per heavy atom. The highest BCUT2D eigenvalue weighted by Gasteiger charge is 2.18. The van der Waals surface area contributed by atoms with Crippen molar-refractivity contribution >= 4 is 11.9 Å². The normalized spacial score (nSPS) is 12.0. The van der Waals surface area contributed by atoms with E-state index in [1.54, 1.807) is 20.2 Å². The quantitative estimate of drug-likeness (QED) is 0.539. The van der Waals surface area contributed by atoms with Crippen molar-refractivity contribution in [1.82, 2.24) is 15.5 Å². The highest BCUT2D eigenvalue weighted by Crippen LogP contribution is 1.98. The summed E-state index contributed by atoms with van der Waals surface area (Å²) in [5.41, 5.74) is 0. The van der Waals surface area contributed by atoms with Gasteiger partial charge in [-0.2, -0.15) is 0 Å². The lowest BCUT2D eigenvalue weighted by Gasteiger charge is -2.22. The van der Waals surface area contributed by atoms with E-state index in [-0.39, 0.29) is 5.91 Å². The monoisotopic (exact) mass is 243 g/mol. The number of imide groups is 1. The minimum Gasteiger partial charge on any atom is -0.477 e. The summed E-state index contributed by atoms with van der Waals surface area (Å²) in [4.78, 5) is 24.0. The van der Waals surface area contributed by atoms with Crippen LogP contribution in [0.3, 0.4) is 0 Å². The van der Waals surface area contributed by atoms with E-state index < -0.39 is 12.3 Å². The van der Waals surface area contributed by atoms with Gasteiger partial charge in [-0.3, -0.25) is 9.69 Å². The molecule has 0 spiro atoms. The van der Waals surface area contributed by atoms with Crippen molar-refractivity contribution < 1.29 is 14.3 Å². The molecule has 3 amide bonds. The van der Waals surface area contributed by atoms with Gasteiger partial charge < -0.3 is 15.4 Å². The van der Waals surface area contributed by atoms with Crippen LogP contribution < -0.4 is 10.6 Å². The number of urea groups is 1. The highest BCUT2D eigenvalue weighted by atomic mass is 16.5. The van der Waals surface area contributed by atoms with Crippen LogP contribution in [0, 0.1) is 0 Å². The molecular formula is C11H21N3O3. The number of amides is 3. The van der Waals surface area contributed by atoms with Crippen LogP contribution in [0.5, 0.6) is 0 Å². The van der Waals surface area contributed by atoms with Gasteiger partial charge in [-0.15, -0.1) is 0 Å². The van der Waals surface area contributed by atoms with Gasteiger partial charge in [0.15, 0.2) is 6.23 Å². The Kier molecular flexibility index (Phi) is 7.58. The number of carbonyl (C=O) groups is 2. The van der Waals surface area contributed by atoms with Gasteiger partial charge in [-0.05, 0) is 6.92 Å². The van der Waals surface area contributed by atoms with Crippen LogP contribution in [-0.2, 0) is 9.53 Å². The van der Waals surface area contributed by atoms with Crippen LogP contribution >= 0.6 is 0 Å². The van der Waals surface area contributed by atoms with Crippen LogP contribution in [0.25, 0.3) is 0 Å². The molecule has 0 bridgehead atoms. The van der Waals surface area contributed by atoms with Gasteiger partial charge >= 0.3 is 6.03 Å². The number of ether oxygens (including phenoxy) is 1. The fourth-order valence-electron chi connectivity index (χ4n) is 1.16. The molecule has 1 unspecified atom stereocenters. The zero-order valence-electron chi connectivity index (χ0n) is 10.8. The van der Waals surface area contributed by atoms with Gasteiger partial charge in [0.05, 0.1) is 0 Å². The molecule has 0 aromatic heterocycles. The summed E-state index contributed by atoms with van der Waals surface area (Å²) in [5, 5.41) is 5.39. The Morgan fingerprint density at radius 2 is 2.06 bits per heavy atom. The Labute approximate surface area is 102 Å². The van der Waals surface area contributed by atoms with E-state index in [4.69, 9.17) is 4.74 Å². The average Bonchev–Trinajstić information content (AvgIpc) is 2.28. The summed E-state index contributed by atoms with van der Waals surface area (Å²) in [5.74, 6) is -0.286. The summed E-state index contributed by atoms with van der Waals surface area (Å²) in [7, 11) is 1.74. The molecule has 0 aromatic rings. The third kappa shape index (κ3) is 5.79. The third-order valence-corrected chi connectivity index (χ3v) is 2.07. The van der Waals surface area contributed by atoms with Crippen molar-refractivity contribution in [2.45, 2.75) is 33.4 Å². The maximum Gasteiger partial charge on any atom is 0.326 e. The smallest absolute Gasteiger partial charge is 0.326 e. The zero-order chi connectivity index (χ0) is 13.3. The molecule has 0 rings (SSSR count). The van der Waals surface area contributed by atoms with Gasteiger partial charge in [0.1, 0.15) is 6.26 Å². The predicted octanol–water partition coefficient (Wildman–Crippen LogP) is 1.01. The average molecular weight is 243 g/mol. The number of carbonyl (C=O) groups excluding carboxylic acids is 2. The topological polar surface area (TPSA) is 70.7 Å². The molecule has 98 valence electrons. The minimum atomic E-state index is -0.444. The molecule has 0 saturated heterocycles. The Bertz CT molecular complexity index is 279. The van der Waals surface area contributed by atoms with E-state index in [1.165, 1.54) is 13.2 Å². The van der Waals surface area contributed by atoms with E-state index in [2.05, 4.69) is 10.6 Å². The molecule has 6 nitrogen and oxygen atoms in total. The summed E-state index contributed by atoms with van der Waals surface area (Å²) in [6.45, 7) is 5.31. The van der Waals surface area contributed by atoms with Crippen LogP contribution in [0.15, 0.2) is 12.5 Å². The van der Waals surface area contributed by atoms with Gasteiger partial charge in [-0.25, -0.2) is 4.79 Å². The molecule has 0 aliphatic heterocycles. The molecule has 17 heavy (non-hydrogen) atoms. The number of rotatable bonds is 6. The molecule has 2 N–H and O–H groups in total. The summed E-state index contributed by atoms with van der Waals surface area (Å²) >= 11 is 0. The van der Waals surface area contributed by atoms with Crippen molar-refractivity contribution in [2.75, 3.05) is 13.6 Å². The fraction of sp³-hybridized carbons (Fsp3) is 0.636. The zero-order valence-corrected chi connectivity index (χ0v) is 10.8. The molecule has 0 aliphatic rings. The largest absolute Gasteiger partial charge is 0.477 e. The number of hydrogen-bond acceptors (Lipinski definition) is 4. The second-order valence-corrected chi connectivity index (χ2v) is 3.34. The van der Waals surface area contributed by atoms with Crippen LogP contribution in [0.1, 0.15) is 27.2 Å². The van der Waals surface area contributed by atoms with E-state index in [1.807, 2.05) is 6.92 Å². The van der Waals surface area contributed by atoms with E-state index in [0.717, 1.165) is 4.90 Å². The van der Waals surface area contributed by atoms with Crippen molar-refractivity contribution in [1.29, 1.82) is 0 Å². The van der Waals surface area contributed by atoms with Gasteiger partial charge in [0.25, 0.3) is 0 Å². The van der Waals surface area contributed by atoms with Crippen LogP contribution in [0.2, 0.25) is 0 Å². The summed E-state index contributed by atoms with van der Waals surface area (Å²) < 4.78 is 5.26. The first-order chi connectivity index (χ1) is 8.06. The second kappa shape index (κ2) is 8.43. The number of nitrogens with one attached hydrogen (secondary N) is 2. The third-order valence-electron chi connectivity index (χ3n) is 2.07. The van der Waals surface area contributed by atoms with E-state index in [9.17, 15) is 9.59 Å². The molecule has 0 heterocycles. The Balaban J connectivity index is 4.31. The molecular weight excluding hydrogens is 222 g/mol. The SMILES string of the molecule is CCC(NC(=O)N(CC)C(C)=O)O/C=C\NC. The lowest BCUT2D eigenvalue weighted by atomic mass is 10.4. The first-order valence-electron chi connectivity index (χ1n) is 5.63. The van der Waals surface area contributed by atoms with E-state index in [0.29, 0.717) is 13.0 Å². The Morgan fingerprint density at radius 3 is 2.47 bits per heavy atom. The maximum absolute atomic E-state index is 11.7. The molecule has 1 atom stereocenters. The second-order valence-electron chi connectivity index (χ2n) is 3.34. The van der Waals surface area contributed by atoms with E-state index >= 15 is 0 Å². The fourth-order valence-corrected chi connectivity index (χ4v) is 1.16. The van der Waals surface area contributed by atoms with Crippen LogP contribution in [-0.4, -0.2) is 36.7 Å². The van der Waals surface area contributed by atoms with Crippen molar-refractivity contribution in [3.05, 3.63) is 12.5 Å². The van der Waals surface area contributed by atoms with Crippen LogP contribution in [0.4, 0.5) is 4.79 Å². The summed E-state index contributed by atoms with van der Waals surface area (Å²) in [6, 6.07) is -0.440. The molecule has 0 saturated carbocycles. The van der Waals surface area contributed by atoms with Crippen molar-refractivity contribution in [3.8, 4) is 0 Å². The summed E-state index contributed by atoms with van der Waals surface area (Å²) in [6.07, 6.45) is 3.23. The van der Waals surface area contributed by atoms with Crippen molar-refractivity contribution in [3.63, 3.8) is 0 Å². The maximum atomic E-state index is 11.7. The molecule has 6 heteroatoms. The molecule has 0 radical (unpaired) electrons. The predicted molar refractivity (Wildman–Crippen MR) is 65.0 cm³/mol. The number of nitrogens with zero attached hydrogens (tertiary/aromatic N) is 1. The van der Waals surface area contributed by atoms with Crippen molar-refractivity contribution in [2.24, 2.45) is 0 Å². The minimum absolute atomic E-state index is 0.286. The molecule has 0 aliphatic carbocycles. The first kappa shape index (κ1) is 15.3. The van der Waals surface area contributed by atoms with Gasteiger partial charge in [0.2, 0.25) is 5.91 Å². The number of hydrogen-bond donors (Lipinski definition) is 2. The standard InChI is InChI=1S/C11H21N3O3/c1-5-10(17-8-7-12-4)13-11(16)14(6-2)9(3)15/h7-8,10,12H,5-6H2,1-4H3,(H,13,16)/b8-7-. The molecule has 0 aromatic carbocycles. The Hall–Kier alpha value is -1.72. The highest BCUT2D eigenvalue weighted by molar-refractivity contribution is 5.93. The lowest BCUT2D eigenvalue weighted by molar-refractivity contribution is -0.125. The lowest BCUT2D eigenvalue weighted by Crippen LogP contribution is -2.47. The first-order valence-corrected chi connectivity index (χ1v) is 5.63. The molecule has 0 fully saturated rings. The van der Waals surface area contributed by atoms with Gasteiger partial charge in [0, 0.05) is 33.1 Å².